The van der Waals surface area contributed by atoms with Gasteiger partial charge in [-0.25, -0.2) is 4.99 Å². The first-order valence-corrected chi connectivity index (χ1v) is 22.0. The fraction of sp³-hybridized carbons (Fsp3) is 0.732. The molecule has 3 rings (SSSR count). The number of hydrogen-bond donors (Lipinski definition) is 4. The highest BCUT2D eigenvalue weighted by Crippen LogP contribution is 2.37. The second kappa shape index (κ2) is 25.9. The van der Waals surface area contributed by atoms with E-state index in [2.05, 4.69) is 43.2 Å². The summed E-state index contributed by atoms with van der Waals surface area (Å²) in [6.07, 6.45) is 1.97. The number of aliphatic imine (C=N–C) groups is 1. The van der Waals surface area contributed by atoms with Gasteiger partial charge in [-0.2, -0.15) is 0 Å². The Balaban J connectivity index is 0.00000362. The number of aliphatic carboxylic acids is 1. The summed E-state index contributed by atoms with van der Waals surface area (Å²) in [5.74, 6) is -2.57. The van der Waals surface area contributed by atoms with Crippen LogP contribution in [0.15, 0.2) is 35.3 Å². The largest absolute Gasteiger partial charge is 0.481 e. The molecule has 4 N–H and O–H groups in total. The van der Waals surface area contributed by atoms with Gasteiger partial charge in [0.05, 0.1) is 56.7 Å². The van der Waals surface area contributed by atoms with Crippen molar-refractivity contribution in [1.29, 1.82) is 0 Å². The van der Waals surface area contributed by atoms with Gasteiger partial charge in [-0.15, -0.1) is 0 Å². The van der Waals surface area contributed by atoms with Crippen LogP contribution in [0.2, 0.25) is 0 Å². The number of nitrogens with one attached hydrogen (secondary N) is 2. The lowest BCUT2D eigenvalue weighted by Gasteiger charge is -2.39. The van der Waals surface area contributed by atoms with E-state index >= 15 is 0 Å². The molecule has 15 nitrogen and oxygen atoms in total. The molecule has 3 amide bonds. The third kappa shape index (κ3) is 15.4. The molecule has 57 heavy (non-hydrogen) atoms. The fourth-order valence-corrected chi connectivity index (χ4v) is 8.77. The molecule has 0 aromatic heterocycles. The maximum atomic E-state index is 14.1. The predicted octanol–water partition coefficient (Wildman–Crippen LogP) is 3.30. The number of likely N-dealkylation sites (tertiary alicyclic amines) is 1. The van der Waals surface area contributed by atoms with Gasteiger partial charge in [0, 0.05) is 68.1 Å². The summed E-state index contributed by atoms with van der Waals surface area (Å²) < 4.78 is 11.9. The number of carbonyl (C=O) groups is 4. The van der Waals surface area contributed by atoms with Gasteiger partial charge in [0.1, 0.15) is 6.54 Å². The summed E-state index contributed by atoms with van der Waals surface area (Å²) in [6, 6.07) is 8.50. The molecule has 0 spiro atoms. The highest BCUT2D eigenvalue weighted by Gasteiger charge is 2.42. The number of likely N-dealkylation sites (N-methyl/N-ethyl adjacent to an activating group) is 1. The highest BCUT2D eigenvalue weighted by atomic mass is 31.1. The second-order valence-corrected chi connectivity index (χ2v) is 17.1. The lowest BCUT2D eigenvalue weighted by atomic mass is 9.90. The quantitative estimate of drug-likeness (QED) is 0.0916. The number of hydrogen-bond acceptors (Lipinski definition) is 9. The maximum absolute atomic E-state index is 14.1. The molecule has 0 aliphatic carbocycles. The van der Waals surface area contributed by atoms with Gasteiger partial charge in [0.15, 0.2) is 5.96 Å². The molecule has 16 heteroatoms. The molecule has 0 saturated carbocycles. The van der Waals surface area contributed by atoms with Crippen LogP contribution in [0.4, 0.5) is 0 Å². The molecule has 2 aliphatic heterocycles. The summed E-state index contributed by atoms with van der Waals surface area (Å²) in [7, 11) is 6.63. The SMILES string of the molecule is CCC.CCC(C)C(C(CC(=O)N1CCCC1C(OC)C(C)C(=O)N[C@@H](Cc1ccccc1)P(O)CC(=O)O)OC)N(C)C(=O)CN=C(N(C)C)N1CCNCC1. The van der Waals surface area contributed by atoms with Crippen LogP contribution in [0.5, 0.6) is 0 Å². The van der Waals surface area contributed by atoms with E-state index in [9.17, 15) is 29.2 Å². The van der Waals surface area contributed by atoms with Crippen molar-refractivity contribution in [3.05, 3.63) is 35.9 Å². The zero-order chi connectivity index (χ0) is 42.7. The Kier molecular flexibility index (Phi) is 22.6. The molecular formula is C41H72N7O8P. The van der Waals surface area contributed by atoms with Crippen LogP contribution in [-0.4, -0.2) is 170 Å². The first kappa shape index (κ1) is 49.8. The van der Waals surface area contributed by atoms with E-state index in [0.29, 0.717) is 13.0 Å². The number of ether oxygens (including phenoxy) is 2. The van der Waals surface area contributed by atoms with Crippen LogP contribution >= 0.6 is 8.15 Å². The minimum absolute atomic E-state index is 0.0222. The molecule has 0 bridgehead atoms. The summed E-state index contributed by atoms with van der Waals surface area (Å²) in [5.41, 5.74) is 0.857. The van der Waals surface area contributed by atoms with Crippen molar-refractivity contribution in [2.24, 2.45) is 16.8 Å². The third-order valence-electron chi connectivity index (χ3n) is 10.7. The molecular weight excluding hydrogens is 749 g/mol. The van der Waals surface area contributed by atoms with Crippen molar-refractivity contribution in [2.75, 3.05) is 80.8 Å². The van der Waals surface area contributed by atoms with E-state index in [0.717, 1.165) is 50.5 Å². The highest BCUT2D eigenvalue weighted by molar-refractivity contribution is 7.53. The molecule has 0 radical (unpaired) electrons. The molecule has 8 atom stereocenters. The average Bonchev–Trinajstić information content (AvgIpc) is 3.67. The van der Waals surface area contributed by atoms with Crippen molar-refractivity contribution in [3.8, 4) is 0 Å². The topological polar surface area (TPSA) is 177 Å². The van der Waals surface area contributed by atoms with Crippen molar-refractivity contribution in [3.63, 3.8) is 0 Å². The van der Waals surface area contributed by atoms with E-state index in [1.165, 1.54) is 13.5 Å². The minimum atomic E-state index is -2.06. The Morgan fingerprint density at radius 3 is 2.19 bits per heavy atom. The zero-order valence-electron chi connectivity index (χ0n) is 36.1. The van der Waals surface area contributed by atoms with E-state index in [1.807, 2.05) is 49.3 Å². The van der Waals surface area contributed by atoms with Crippen LogP contribution in [-0.2, 0) is 35.1 Å². The van der Waals surface area contributed by atoms with E-state index in [-0.39, 0.29) is 37.1 Å². The number of benzene rings is 1. The number of nitrogens with zero attached hydrogens (tertiary/aromatic N) is 5. The van der Waals surface area contributed by atoms with Crippen LogP contribution in [0.1, 0.15) is 72.3 Å². The van der Waals surface area contributed by atoms with E-state index in [1.54, 1.807) is 30.9 Å². The van der Waals surface area contributed by atoms with Crippen molar-refractivity contribution < 1.29 is 38.7 Å². The normalized spacial score (nSPS) is 19.6. The monoisotopic (exact) mass is 822 g/mol. The van der Waals surface area contributed by atoms with Crippen molar-refractivity contribution in [2.45, 2.75) is 103 Å². The van der Waals surface area contributed by atoms with Crippen molar-refractivity contribution >= 4 is 37.8 Å². The summed E-state index contributed by atoms with van der Waals surface area (Å²) in [4.78, 5) is 76.1. The number of methoxy groups -OCH3 is 2. The van der Waals surface area contributed by atoms with Gasteiger partial charge in [0.25, 0.3) is 0 Å². The lowest BCUT2D eigenvalue weighted by molar-refractivity contribution is -0.145. The van der Waals surface area contributed by atoms with Crippen LogP contribution < -0.4 is 10.6 Å². The number of amides is 3. The molecule has 2 saturated heterocycles. The second-order valence-electron chi connectivity index (χ2n) is 15.3. The average molecular weight is 822 g/mol. The van der Waals surface area contributed by atoms with Gasteiger partial charge in [-0.1, -0.05) is 77.8 Å². The summed E-state index contributed by atoms with van der Waals surface area (Å²) >= 11 is 0. The number of carboxylic acid groups (broad SMARTS) is 1. The first-order chi connectivity index (χ1) is 27.1. The molecule has 7 unspecified atom stereocenters. The number of rotatable bonds is 19. The van der Waals surface area contributed by atoms with E-state index < -0.39 is 62.2 Å². The molecule has 1 aromatic carbocycles. The molecule has 2 aliphatic rings. The fourth-order valence-electron chi connectivity index (χ4n) is 7.58. The summed E-state index contributed by atoms with van der Waals surface area (Å²) in [5, 5.41) is 15.6. The zero-order valence-corrected chi connectivity index (χ0v) is 37.0. The Labute approximate surface area is 342 Å². The molecule has 324 valence electrons. The third-order valence-corrected chi connectivity index (χ3v) is 12.3. The van der Waals surface area contributed by atoms with Gasteiger partial charge in [-0.05, 0) is 30.7 Å². The molecule has 2 heterocycles. The number of piperazine rings is 1. The van der Waals surface area contributed by atoms with Crippen LogP contribution in [0, 0.1) is 11.8 Å². The number of carbonyl (C=O) groups excluding carboxylic acids is 3. The van der Waals surface area contributed by atoms with Crippen LogP contribution in [0.25, 0.3) is 0 Å². The minimum Gasteiger partial charge on any atom is -0.481 e. The van der Waals surface area contributed by atoms with Gasteiger partial charge in [0.2, 0.25) is 17.7 Å². The van der Waals surface area contributed by atoms with Crippen LogP contribution in [0.3, 0.4) is 0 Å². The lowest BCUT2D eigenvalue weighted by Crippen LogP contribution is -2.54. The first-order valence-electron chi connectivity index (χ1n) is 20.4. The number of carboxylic acids is 1. The van der Waals surface area contributed by atoms with E-state index in [4.69, 9.17) is 14.5 Å². The van der Waals surface area contributed by atoms with Gasteiger partial charge in [-0.3, -0.25) is 19.2 Å². The van der Waals surface area contributed by atoms with Gasteiger partial charge < -0.3 is 49.7 Å². The maximum Gasteiger partial charge on any atom is 0.310 e. The number of guanidine groups is 1. The molecule has 2 fully saturated rings. The Hall–Kier alpha value is -3.36. The Morgan fingerprint density at radius 1 is 1.02 bits per heavy atom. The van der Waals surface area contributed by atoms with Gasteiger partial charge >= 0.3 is 5.97 Å². The Bertz CT molecular complexity index is 1400. The molecule has 1 aromatic rings. The Morgan fingerprint density at radius 2 is 1.65 bits per heavy atom. The predicted molar refractivity (Wildman–Crippen MR) is 226 cm³/mol. The smallest absolute Gasteiger partial charge is 0.310 e. The van der Waals surface area contributed by atoms with Crippen molar-refractivity contribution in [1.82, 2.24) is 30.2 Å². The standard InChI is InChI=1S/C38H64N7O8P.C3H8/c1-9-26(2)35(43(6)33(47)24-40-38(42(4)5)44-20-17-39-18-21-44)30(52-7)23-32(46)45-19-13-16-29(45)36(53-8)27(3)37(50)41-31(54(51)25-34(48)49)22-28-14-11-10-12-15-28;1-3-2/h10-12,14-15,26-27,29-31,35-36,39,51H,9,13,16-25H2,1-8H3,(H,41,50)(H,48,49);3H2,1-2H3/t26?,27?,29?,30?,31-,35?,36?,54?;/m1./s1. The summed E-state index contributed by atoms with van der Waals surface area (Å²) in [6.45, 7) is 13.9.